The maximum atomic E-state index is 11.9. The molecule has 100 valence electrons. The molecule has 1 heterocycles. The van der Waals surface area contributed by atoms with E-state index in [1.54, 1.807) is 0 Å². The third-order valence-electron chi connectivity index (χ3n) is 2.79. The molecule has 0 amide bonds. The first-order chi connectivity index (χ1) is 8.01. The van der Waals surface area contributed by atoms with Crippen molar-refractivity contribution in [1.29, 1.82) is 0 Å². The molecule has 8 heteroatoms. The van der Waals surface area contributed by atoms with Crippen LogP contribution in [0.3, 0.4) is 0 Å². The Morgan fingerprint density at radius 1 is 1.65 bits per heavy atom. The van der Waals surface area contributed by atoms with E-state index in [0.717, 1.165) is 12.8 Å². The summed E-state index contributed by atoms with van der Waals surface area (Å²) in [6.07, 6.45) is 2.21. The summed E-state index contributed by atoms with van der Waals surface area (Å²) in [6.45, 7) is 3.08. The molecule has 1 rings (SSSR count). The summed E-state index contributed by atoms with van der Waals surface area (Å²) in [5.41, 5.74) is 5.51. The van der Waals surface area contributed by atoms with E-state index >= 15 is 0 Å². The van der Waals surface area contributed by atoms with Crippen LogP contribution in [0.15, 0.2) is 5.16 Å². The largest absolute Gasteiger partial charge is 0.409 e. The minimum absolute atomic E-state index is 0.0976. The number of nitrogens with zero attached hydrogens (tertiary/aromatic N) is 2. The summed E-state index contributed by atoms with van der Waals surface area (Å²) >= 11 is 0. The number of nitrogens with one attached hydrogen (secondary N) is 1. The summed E-state index contributed by atoms with van der Waals surface area (Å²) < 4.78 is 27.6. The van der Waals surface area contributed by atoms with Crippen LogP contribution in [-0.2, 0) is 10.2 Å². The van der Waals surface area contributed by atoms with Crippen LogP contribution < -0.4 is 10.5 Å². The highest BCUT2D eigenvalue weighted by Gasteiger charge is 2.30. The van der Waals surface area contributed by atoms with Gasteiger partial charge in [-0.25, -0.2) is 4.72 Å². The van der Waals surface area contributed by atoms with Crippen LogP contribution in [0.1, 0.15) is 26.2 Å². The van der Waals surface area contributed by atoms with Gasteiger partial charge in [0, 0.05) is 25.6 Å². The Morgan fingerprint density at radius 2 is 2.35 bits per heavy atom. The minimum Gasteiger partial charge on any atom is -0.409 e. The van der Waals surface area contributed by atoms with Crippen molar-refractivity contribution < 1.29 is 13.6 Å². The van der Waals surface area contributed by atoms with E-state index in [-0.39, 0.29) is 18.3 Å². The molecule has 0 aromatic heterocycles. The van der Waals surface area contributed by atoms with Crippen LogP contribution in [0.5, 0.6) is 0 Å². The molecule has 1 fully saturated rings. The van der Waals surface area contributed by atoms with Gasteiger partial charge in [0.2, 0.25) is 0 Å². The van der Waals surface area contributed by atoms with Crippen molar-refractivity contribution in [3.05, 3.63) is 0 Å². The van der Waals surface area contributed by atoms with Gasteiger partial charge in [0.15, 0.2) is 0 Å². The van der Waals surface area contributed by atoms with Crippen molar-refractivity contribution in [1.82, 2.24) is 9.03 Å². The number of hydrogen-bond donors (Lipinski definition) is 3. The fraction of sp³-hybridized carbons (Fsp3) is 0.889. The molecule has 17 heavy (non-hydrogen) atoms. The van der Waals surface area contributed by atoms with E-state index in [2.05, 4.69) is 9.88 Å². The lowest BCUT2D eigenvalue weighted by Gasteiger charge is -2.31. The van der Waals surface area contributed by atoms with Crippen LogP contribution in [-0.4, -0.2) is 43.4 Å². The Hall–Kier alpha value is -0.860. The van der Waals surface area contributed by atoms with Gasteiger partial charge in [-0.15, -0.1) is 0 Å². The molecule has 1 saturated heterocycles. The second-order valence-electron chi connectivity index (χ2n) is 4.12. The highest BCUT2D eigenvalue weighted by molar-refractivity contribution is 7.87. The van der Waals surface area contributed by atoms with Gasteiger partial charge in [-0.2, -0.15) is 12.7 Å². The SMILES string of the molecule is CCCNS(=O)(=O)N1CCCC(C(N)=NO)C1. The molecule has 0 saturated carbocycles. The molecule has 0 aromatic carbocycles. The molecule has 4 N–H and O–H groups in total. The first-order valence-electron chi connectivity index (χ1n) is 5.73. The monoisotopic (exact) mass is 264 g/mol. The lowest BCUT2D eigenvalue weighted by atomic mass is 9.99. The summed E-state index contributed by atoms with van der Waals surface area (Å²) in [5.74, 6) is -0.104. The number of piperidine rings is 1. The number of nitrogens with two attached hydrogens (primary N) is 1. The van der Waals surface area contributed by atoms with E-state index in [9.17, 15) is 8.42 Å². The molecule has 0 radical (unpaired) electrons. The fourth-order valence-corrected chi connectivity index (χ4v) is 3.20. The Labute approximate surface area is 102 Å². The summed E-state index contributed by atoms with van der Waals surface area (Å²) in [6, 6.07) is 0. The maximum Gasteiger partial charge on any atom is 0.279 e. The summed E-state index contributed by atoms with van der Waals surface area (Å²) in [5, 5.41) is 11.5. The average Bonchev–Trinajstić information content (AvgIpc) is 2.35. The lowest BCUT2D eigenvalue weighted by Crippen LogP contribution is -2.48. The molecule has 1 aliphatic rings. The second-order valence-corrected chi connectivity index (χ2v) is 5.88. The van der Waals surface area contributed by atoms with E-state index in [1.165, 1.54) is 4.31 Å². The summed E-state index contributed by atoms with van der Waals surface area (Å²) in [7, 11) is -3.43. The number of amidine groups is 1. The van der Waals surface area contributed by atoms with Gasteiger partial charge in [0.1, 0.15) is 5.84 Å². The Bertz CT molecular complexity index is 368. The van der Waals surface area contributed by atoms with Crippen molar-refractivity contribution in [3.8, 4) is 0 Å². The predicted octanol–water partition coefficient (Wildman–Crippen LogP) is -0.311. The highest BCUT2D eigenvalue weighted by atomic mass is 32.2. The predicted molar refractivity (Wildman–Crippen MR) is 64.9 cm³/mol. The van der Waals surface area contributed by atoms with Gasteiger partial charge in [-0.3, -0.25) is 0 Å². The smallest absolute Gasteiger partial charge is 0.279 e. The topological polar surface area (TPSA) is 108 Å². The molecule has 1 unspecified atom stereocenters. The Balaban J connectivity index is 2.66. The van der Waals surface area contributed by atoms with Gasteiger partial charge in [-0.05, 0) is 19.3 Å². The van der Waals surface area contributed by atoms with Crippen LogP contribution in [0, 0.1) is 5.92 Å². The first-order valence-corrected chi connectivity index (χ1v) is 7.17. The van der Waals surface area contributed by atoms with Crippen molar-refractivity contribution in [2.45, 2.75) is 26.2 Å². The highest BCUT2D eigenvalue weighted by Crippen LogP contribution is 2.18. The van der Waals surface area contributed by atoms with Gasteiger partial charge in [-0.1, -0.05) is 12.1 Å². The maximum absolute atomic E-state index is 11.9. The van der Waals surface area contributed by atoms with Gasteiger partial charge < -0.3 is 10.9 Å². The third kappa shape index (κ3) is 3.83. The minimum atomic E-state index is -3.43. The van der Waals surface area contributed by atoms with E-state index in [0.29, 0.717) is 19.5 Å². The molecule has 7 nitrogen and oxygen atoms in total. The molecule has 0 bridgehead atoms. The van der Waals surface area contributed by atoms with Gasteiger partial charge in [0.25, 0.3) is 10.2 Å². The zero-order valence-electron chi connectivity index (χ0n) is 9.96. The average molecular weight is 264 g/mol. The zero-order valence-corrected chi connectivity index (χ0v) is 10.8. The van der Waals surface area contributed by atoms with Crippen molar-refractivity contribution in [2.24, 2.45) is 16.8 Å². The van der Waals surface area contributed by atoms with Crippen LogP contribution in [0.2, 0.25) is 0 Å². The Kier molecular flexibility index (Phi) is 5.16. The van der Waals surface area contributed by atoms with Gasteiger partial charge >= 0.3 is 0 Å². The molecular weight excluding hydrogens is 244 g/mol. The molecular formula is C9H20N4O3S. The number of oxime groups is 1. The molecule has 0 aromatic rings. The van der Waals surface area contributed by atoms with E-state index in [4.69, 9.17) is 10.9 Å². The van der Waals surface area contributed by atoms with Crippen molar-refractivity contribution >= 4 is 16.0 Å². The normalized spacial score (nSPS) is 23.8. The van der Waals surface area contributed by atoms with Crippen molar-refractivity contribution in [2.75, 3.05) is 19.6 Å². The van der Waals surface area contributed by atoms with Crippen LogP contribution >= 0.6 is 0 Å². The molecule has 0 spiro atoms. The van der Waals surface area contributed by atoms with E-state index in [1.807, 2.05) is 6.92 Å². The lowest BCUT2D eigenvalue weighted by molar-refractivity contribution is 0.285. The number of hydrogen-bond acceptors (Lipinski definition) is 4. The fourth-order valence-electron chi connectivity index (χ4n) is 1.81. The van der Waals surface area contributed by atoms with Gasteiger partial charge in [0.05, 0.1) is 0 Å². The van der Waals surface area contributed by atoms with Crippen LogP contribution in [0.4, 0.5) is 0 Å². The Morgan fingerprint density at radius 3 is 2.94 bits per heavy atom. The molecule has 1 aliphatic heterocycles. The molecule has 0 aliphatic carbocycles. The second kappa shape index (κ2) is 6.18. The molecule has 1 atom stereocenters. The summed E-state index contributed by atoms with van der Waals surface area (Å²) in [4.78, 5) is 0. The van der Waals surface area contributed by atoms with E-state index < -0.39 is 10.2 Å². The zero-order chi connectivity index (χ0) is 12.9. The third-order valence-corrected chi connectivity index (χ3v) is 4.37. The van der Waals surface area contributed by atoms with Crippen molar-refractivity contribution in [3.63, 3.8) is 0 Å². The quantitative estimate of drug-likeness (QED) is 0.274. The first kappa shape index (κ1) is 14.2. The standard InChI is InChI=1S/C9H20N4O3S/c1-2-5-11-17(15,16)13-6-3-4-8(7-13)9(10)12-14/h8,11,14H,2-7H2,1H3,(H2,10,12). The van der Waals surface area contributed by atoms with Crippen LogP contribution in [0.25, 0.3) is 0 Å². The number of rotatable bonds is 5.